The molecule has 0 spiro atoms. The van der Waals surface area contributed by atoms with E-state index in [1.165, 1.54) is 30.3 Å². The van der Waals surface area contributed by atoms with E-state index in [4.69, 9.17) is 9.66 Å². The summed E-state index contributed by atoms with van der Waals surface area (Å²) in [7, 11) is -4.28. The third-order valence-corrected chi connectivity index (χ3v) is 4.01. The van der Waals surface area contributed by atoms with E-state index >= 15 is 0 Å². The fourth-order valence-electron chi connectivity index (χ4n) is 2.06. The smallest absolute Gasteiger partial charge is 0.335 e. The molecule has 0 saturated carbocycles. The number of fused-ring (bicyclic) bond motifs is 1. The second-order valence-electron chi connectivity index (χ2n) is 4.62. The van der Waals surface area contributed by atoms with Gasteiger partial charge in [-0.15, -0.1) is 0 Å². The van der Waals surface area contributed by atoms with Crippen molar-refractivity contribution >= 4 is 27.1 Å². The number of benzene rings is 2. The normalized spacial score (nSPS) is 11.7. The molecule has 0 radical (unpaired) electrons. The molecule has 0 aliphatic carbocycles. The maximum Gasteiger partial charge on any atom is 0.335 e. The minimum absolute atomic E-state index is 0.161. The number of nitrogens with one attached hydrogen (secondary N) is 1. The van der Waals surface area contributed by atoms with E-state index < -0.39 is 16.1 Å². The van der Waals surface area contributed by atoms with Crippen LogP contribution in [-0.4, -0.2) is 34.0 Å². The number of aromatic carboxylic acids is 1. The number of carboxylic acid groups (broad SMARTS) is 1. The van der Waals surface area contributed by atoms with E-state index in [-0.39, 0.29) is 10.5 Å². The van der Waals surface area contributed by atoms with Crippen LogP contribution < -0.4 is 0 Å². The molecular weight excluding hydrogens is 308 g/mol. The monoisotopic (exact) mass is 318 g/mol. The van der Waals surface area contributed by atoms with Crippen LogP contribution in [-0.2, 0) is 10.1 Å². The van der Waals surface area contributed by atoms with Crippen molar-refractivity contribution in [3.8, 4) is 11.4 Å². The van der Waals surface area contributed by atoms with Gasteiger partial charge in [-0.2, -0.15) is 8.42 Å². The lowest BCUT2D eigenvalue weighted by molar-refractivity contribution is 0.0697. The number of imidazole rings is 1. The summed E-state index contributed by atoms with van der Waals surface area (Å²) in [4.78, 5) is 17.8. The fourth-order valence-corrected chi connectivity index (χ4v) is 2.56. The van der Waals surface area contributed by atoms with Gasteiger partial charge in [0.2, 0.25) is 0 Å². The third kappa shape index (κ3) is 2.57. The van der Waals surface area contributed by atoms with Gasteiger partial charge in [-0.3, -0.25) is 4.55 Å². The molecule has 1 heterocycles. The number of hydrogen-bond acceptors (Lipinski definition) is 4. The number of aromatic amines is 1. The second-order valence-corrected chi connectivity index (χ2v) is 6.04. The molecule has 0 saturated heterocycles. The zero-order valence-electron chi connectivity index (χ0n) is 11.0. The molecule has 3 rings (SSSR count). The van der Waals surface area contributed by atoms with E-state index in [0.29, 0.717) is 22.4 Å². The van der Waals surface area contributed by atoms with E-state index in [0.717, 1.165) is 0 Å². The van der Waals surface area contributed by atoms with Crippen LogP contribution in [0.15, 0.2) is 47.4 Å². The summed E-state index contributed by atoms with van der Waals surface area (Å²) < 4.78 is 31.3. The van der Waals surface area contributed by atoms with Crippen LogP contribution in [0.25, 0.3) is 22.4 Å². The second kappa shape index (κ2) is 4.93. The molecule has 0 aliphatic heterocycles. The van der Waals surface area contributed by atoms with Crippen LogP contribution in [0.4, 0.5) is 0 Å². The van der Waals surface area contributed by atoms with Gasteiger partial charge in [0.15, 0.2) is 0 Å². The van der Waals surface area contributed by atoms with Crippen molar-refractivity contribution in [1.29, 1.82) is 0 Å². The van der Waals surface area contributed by atoms with Crippen LogP contribution in [0.2, 0.25) is 0 Å². The SMILES string of the molecule is O=C(O)c1ccc(-c2nc3ccc(S(=O)(=O)O)cc3[nH]2)cc1. The average Bonchev–Trinajstić information content (AvgIpc) is 2.89. The lowest BCUT2D eigenvalue weighted by atomic mass is 10.1. The molecule has 112 valence electrons. The first-order valence-electron chi connectivity index (χ1n) is 6.15. The van der Waals surface area contributed by atoms with Crippen LogP contribution in [0.5, 0.6) is 0 Å². The van der Waals surface area contributed by atoms with Crippen molar-refractivity contribution in [2.24, 2.45) is 0 Å². The van der Waals surface area contributed by atoms with E-state index in [1.807, 2.05) is 0 Å². The minimum atomic E-state index is -4.28. The van der Waals surface area contributed by atoms with Gasteiger partial charge in [0.05, 0.1) is 21.5 Å². The Labute approximate surface area is 125 Å². The fraction of sp³-hybridized carbons (Fsp3) is 0. The molecule has 1 aromatic heterocycles. The first-order valence-corrected chi connectivity index (χ1v) is 7.59. The first-order chi connectivity index (χ1) is 10.3. The molecular formula is C14H10N2O5S. The minimum Gasteiger partial charge on any atom is -0.478 e. The largest absolute Gasteiger partial charge is 0.478 e. The quantitative estimate of drug-likeness (QED) is 0.636. The van der Waals surface area contributed by atoms with E-state index in [9.17, 15) is 13.2 Å². The molecule has 0 aliphatic rings. The molecule has 0 fully saturated rings. The van der Waals surface area contributed by atoms with Crippen LogP contribution in [0, 0.1) is 0 Å². The standard InChI is InChI=1S/C14H10N2O5S/c17-14(18)9-3-1-8(2-4-9)13-15-11-6-5-10(22(19,20)21)7-12(11)16-13/h1-7H,(H,15,16)(H,17,18)(H,19,20,21). The lowest BCUT2D eigenvalue weighted by Gasteiger charge is -1.97. The number of aromatic nitrogens is 2. The zero-order chi connectivity index (χ0) is 15.9. The van der Waals surface area contributed by atoms with Crippen molar-refractivity contribution in [1.82, 2.24) is 9.97 Å². The number of nitrogens with zero attached hydrogens (tertiary/aromatic N) is 1. The van der Waals surface area contributed by atoms with Gasteiger partial charge in [0, 0.05) is 5.56 Å². The Morgan fingerprint density at radius 3 is 2.36 bits per heavy atom. The van der Waals surface area contributed by atoms with Gasteiger partial charge in [-0.1, -0.05) is 12.1 Å². The summed E-state index contributed by atoms with van der Waals surface area (Å²) in [5.74, 6) is -0.548. The highest BCUT2D eigenvalue weighted by Gasteiger charge is 2.12. The summed E-state index contributed by atoms with van der Waals surface area (Å²) in [5, 5.41) is 8.86. The maximum atomic E-state index is 11.1. The van der Waals surface area contributed by atoms with Crippen LogP contribution >= 0.6 is 0 Å². The Balaban J connectivity index is 2.06. The predicted octanol–water partition coefficient (Wildman–Crippen LogP) is 2.17. The van der Waals surface area contributed by atoms with Gasteiger partial charge in [0.1, 0.15) is 5.82 Å². The molecule has 7 nitrogen and oxygen atoms in total. The van der Waals surface area contributed by atoms with Gasteiger partial charge in [0.25, 0.3) is 10.1 Å². The highest BCUT2D eigenvalue weighted by molar-refractivity contribution is 7.85. The highest BCUT2D eigenvalue weighted by Crippen LogP contribution is 2.23. The average molecular weight is 318 g/mol. The molecule has 0 amide bonds. The van der Waals surface area contributed by atoms with E-state index in [1.54, 1.807) is 12.1 Å². The Morgan fingerprint density at radius 2 is 1.77 bits per heavy atom. The van der Waals surface area contributed by atoms with Crippen molar-refractivity contribution in [3.63, 3.8) is 0 Å². The zero-order valence-corrected chi connectivity index (χ0v) is 11.8. The molecule has 3 N–H and O–H groups in total. The van der Waals surface area contributed by atoms with Crippen molar-refractivity contribution in [2.45, 2.75) is 4.90 Å². The number of H-pyrrole nitrogens is 1. The van der Waals surface area contributed by atoms with Crippen LogP contribution in [0.1, 0.15) is 10.4 Å². The Hall–Kier alpha value is -2.71. The van der Waals surface area contributed by atoms with Gasteiger partial charge in [-0.25, -0.2) is 9.78 Å². The van der Waals surface area contributed by atoms with Crippen molar-refractivity contribution in [3.05, 3.63) is 48.0 Å². The molecule has 2 aromatic carbocycles. The molecule has 22 heavy (non-hydrogen) atoms. The molecule has 8 heteroatoms. The summed E-state index contributed by atoms with van der Waals surface area (Å²) in [5.41, 5.74) is 1.81. The summed E-state index contributed by atoms with van der Waals surface area (Å²) in [6.45, 7) is 0. The van der Waals surface area contributed by atoms with Crippen molar-refractivity contribution < 1.29 is 22.9 Å². The first kappa shape index (κ1) is 14.2. The van der Waals surface area contributed by atoms with Gasteiger partial charge in [-0.05, 0) is 30.3 Å². The van der Waals surface area contributed by atoms with Gasteiger partial charge < -0.3 is 10.1 Å². The number of carbonyl (C=O) groups is 1. The molecule has 3 aromatic rings. The number of carboxylic acids is 1. The molecule has 0 unspecified atom stereocenters. The summed E-state index contributed by atoms with van der Waals surface area (Å²) in [6, 6.07) is 10.1. The maximum absolute atomic E-state index is 11.1. The Morgan fingerprint density at radius 1 is 1.09 bits per heavy atom. The molecule has 0 atom stereocenters. The number of hydrogen-bond donors (Lipinski definition) is 3. The summed E-state index contributed by atoms with van der Waals surface area (Å²) in [6.07, 6.45) is 0. The highest BCUT2D eigenvalue weighted by atomic mass is 32.2. The number of rotatable bonds is 3. The van der Waals surface area contributed by atoms with E-state index in [2.05, 4.69) is 9.97 Å². The van der Waals surface area contributed by atoms with Crippen LogP contribution in [0.3, 0.4) is 0 Å². The predicted molar refractivity (Wildman–Crippen MR) is 78.3 cm³/mol. The van der Waals surface area contributed by atoms with Gasteiger partial charge >= 0.3 is 5.97 Å². The lowest BCUT2D eigenvalue weighted by Crippen LogP contribution is -1.97. The topological polar surface area (TPSA) is 120 Å². The molecule has 0 bridgehead atoms. The van der Waals surface area contributed by atoms with Crippen molar-refractivity contribution in [2.75, 3.05) is 0 Å². The Bertz CT molecular complexity index is 974. The Kier molecular flexibility index (Phi) is 3.19. The third-order valence-electron chi connectivity index (χ3n) is 3.16. The summed E-state index contributed by atoms with van der Waals surface area (Å²) >= 11 is 0.